The molecular weight excluding hydrogens is 442 g/mol. The molecule has 7 heteroatoms. The summed E-state index contributed by atoms with van der Waals surface area (Å²) in [6, 6.07) is 15.7. The number of ether oxygens (including phenoxy) is 1. The predicted molar refractivity (Wildman–Crippen MR) is 132 cm³/mol. The van der Waals surface area contributed by atoms with E-state index in [0.717, 1.165) is 36.6 Å². The Bertz CT molecular complexity index is 1070. The molecule has 0 spiro atoms. The van der Waals surface area contributed by atoms with E-state index in [1.807, 2.05) is 12.1 Å². The smallest absolute Gasteiger partial charge is 0.255 e. The van der Waals surface area contributed by atoms with Crippen molar-refractivity contribution in [2.45, 2.75) is 69.6 Å². The van der Waals surface area contributed by atoms with Gasteiger partial charge in [-0.1, -0.05) is 30.3 Å². The number of nitrogens with one attached hydrogen (secondary N) is 2. The van der Waals surface area contributed by atoms with Crippen molar-refractivity contribution >= 4 is 17.7 Å². The number of piperidine rings is 1. The molecule has 3 amide bonds. The SMILES string of the molecule is O=C1CCC(N2Cc3cc(OC4CCCC4)ccc3C2=O)C(=O)N1.c1ccc(C2CCNC2)cc1. The van der Waals surface area contributed by atoms with Gasteiger partial charge in [-0.3, -0.25) is 19.7 Å². The first-order valence-corrected chi connectivity index (χ1v) is 12.8. The first-order valence-electron chi connectivity index (χ1n) is 12.8. The van der Waals surface area contributed by atoms with Gasteiger partial charge in [-0.25, -0.2) is 0 Å². The number of imide groups is 1. The van der Waals surface area contributed by atoms with Crippen LogP contribution in [0.25, 0.3) is 0 Å². The van der Waals surface area contributed by atoms with E-state index in [0.29, 0.717) is 18.5 Å². The topological polar surface area (TPSA) is 87.7 Å². The third-order valence-electron chi connectivity index (χ3n) is 7.43. The fourth-order valence-corrected chi connectivity index (χ4v) is 5.49. The van der Waals surface area contributed by atoms with Crippen LogP contribution in [0.1, 0.15) is 72.3 Å². The van der Waals surface area contributed by atoms with Gasteiger partial charge in [-0.05, 0) is 80.3 Å². The number of hydrogen-bond acceptors (Lipinski definition) is 5. The highest BCUT2D eigenvalue weighted by molar-refractivity contribution is 6.05. The molecule has 0 aromatic heterocycles. The van der Waals surface area contributed by atoms with Gasteiger partial charge in [0.1, 0.15) is 11.8 Å². The molecule has 3 aliphatic heterocycles. The Balaban J connectivity index is 0.000000192. The van der Waals surface area contributed by atoms with Crippen LogP contribution in [0.3, 0.4) is 0 Å². The summed E-state index contributed by atoms with van der Waals surface area (Å²) in [5, 5.41) is 5.69. The fraction of sp³-hybridized carbons (Fsp3) is 0.464. The number of carbonyl (C=O) groups is 3. The standard InChI is InChI=1S/C18H20N2O4.C10H13N/c21-16-8-7-15(17(22)19-16)20-10-11-9-13(5-6-14(11)18(20)23)24-12-3-1-2-4-12;1-2-4-9(5-3-1)10-6-7-11-8-10/h5-6,9,12,15H,1-4,7-8,10H2,(H,19,21,22);1-5,10-11H,6-8H2. The first-order chi connectivity index (χ1) is 17.1. The average Bonchev–Trinajstić information content (AvgIpc) is 3.63. The number of rotatable bonds is 4. The lowest BCUT2D eigenvalue weighted by Gasteiger charge is -2.29. The van der Waals surface area contributed by atoms with Crippen molar-refractivity contribution in [1.82, 2.24) is 15.5 Å². The van der Waals surface area contributed by atoms with Crippen LogP contribution in [-0.2, 0) is 16.1 Å². The molecule has 35 heavy (non-hydrogen) atoms. The maximum Gasteiger partial charge on any atom is 0.255 e. The van der Waals surface area contributed by atoms with E-state index in [2.05, 4.69) is 41.0 Å². The lowest BCUT2D eigenvalue weighted by Crippen LogP contribution is -2.52. The molecule has 184 valence electrons. The zero-order valence-corrected chi connectivity index (χ0v) is 20.0. The fourth-order valence-electron chi connectivity index (χ4n) is 5.49. The molecule has 2 aromatic rings. The molecule has 3 heterocycles. The summed E-state index contributed by atoms with van der Waals surface area (Å²) in [7, 11) is 0. The van der Waals surface area contributed by atoms with Crippen molar-refractivity contribution in [3.8, 4) is 5.75 Å². The highest BCUT2D eigenvalue weighted by Crippen LogP contribution is 2.32. The summed E-state index contributed by atoms with van der Waals surface area (Å²) >= 11 is 0. The zero-order valence-electron chi connectivity index (χ0n) is 20.0. The summed E-state index contributed by atoms with van der Waals surface area (Å²) in [5.41, 5.74) is 3.00. The Hall–Kier alpha value is -3.19. The molecule has 2 saturated heterocycles. The maximum absolute atomic E-state index is 12.6. The van der Waals surface area contributed by atoms with Crippen molar-refractivity contribution in [2.75, 3.05) is 13.1 Å². The van der Waals surface area contributed by atoms with Crippen LogP contribution in [0.4, 0.5) is 0 Å². The summed E-state index contributed by atoms with van der Waals surface area (Å²) < 4.78 is 6.00. The lowest BCUT2D eigenvalue weighted by atomic mass is 9.99. The molecule has 6 rings (SSSR count). The van der Waals surface area contributed by atoms with Crippen molar-refractivity contribution in [1.29, 1.82) is 0 Å². The minimum atomic E-state index is -0.568. The van der Waals surface area contributed by atoms with E-state index >= 15 is 0 Å². The molecule has 1 saturated carbocycles. The number of carbonyl (C=O) groups excluding carboxylic acids is 3. The summed E-state index contributed by atoms with van der Waals surface area (Å²) in [4.78, 5) is 37.5. The predicted octanol–water partition coefficient (Wildman–Crippen LogP) is 3.53. The van der Waals surface area contributed by atoms with Gasteiger partial charge in [0.15, 0.2) is 0 Å². The zero-order chi connectivity index (χ0) is 24.2. The second kappa shape index (κ2) is 10.6. The van der Waals surface area contributed by atoms with Crippen LogP contribution >= 0.6 is 0 Å². The molecule has 0 bridgehead atoms. The summed E-state index contributed by atoms with van der Waals surface area (Å²) in [6.07, 6.45) is 6.80. The Morgan fingerprint density at radius 3 is 2.43 bits per heavy atom. The van der Waals surface area contributed by atoms with Crippen LogP contribution in [0.15, 0.2) is 48.5 Å². The van der Waals surface area contributed by atoms with Crippen LogP contribution in [0, 0.1) is 0 Å². The van der Waals surface area contributed by atoms with Gasteiger partial charge in [0.25, 0.3) is 5.91 Å². The Labute approximate surface area is 206 Å². The number of benzene rings is 2. The number of fused-ring (bicyclic) bond motifs is 1. The molecule has 2 atom stereocenters. The first kappa shape index (κ1) is 23.5. The summed E-state index contributed by atoms with van der Waals surface area (Å²) in [6.45, 7) is 2.73. The molecule has 3 fully saturated rings. The Morgan fingerprint density at radius 2 is 1.71 bits per heavy atom. The minimum Gasteiger partial charge on any atom is -0.490 e. The maximum atomic E-state index is 12.6. The van der Waals surface area contributed by atoms with Gasteiger partial charge in [-0.15, -0.1) is 0 Å². The third kappa shape index (κ3) is 5.40. The second-order valence-electron chi connectivity index (χ2n) is 9.84. The van der Waals surface area contributed by atoms with E-state index in [4.69, 9.17) is 4.74 Å². The lowest BCUT2D eigenvalue weighted by molar-refractivity contribution is -0.136. The van der Waals surface area contributed by atoms with E-state index in [9.17, 15) is 14.4 Å². The van der Waals surface area contributed by atoms with Gasteiger partial charge >= 0.3 is 0 Å². The largest absolute Gasteiger partial charge is 0.490 e. The van der Waals surface area contributed by atoms with Crippen molar-refractivity contribution < 1.29 is 19.1 Å². The third-order valence-corrected chi connectivity index (χ3v) is 7.43. The van der Waals surface area contributed by atoms with Crippen molar-refractivity contribution in [3.05, 3.63) is 65.2 Å². The van der Waals surface area contributed by atoms with Gasteiger partial charge in [-0.2, -0.15) is 0 Å². The normalized spacial score (nSPS) is 24.1. The quantitative estimate of drug-likeness (QED) is 0.661. The Kier molecular flexibility index (Phi) is 7.13. The van der Waals surface area contributed by atoms with Gasteiger partial charge in [0.05, 0.1) is 6.10 Å². The van der Waals surface area contributed by atoms with Gasteiger partial charge < -0.3 is 15.0 Å². The highest BCUT2D eigenvalue weighted by atomic mass is 16.5. The Morgan fingerprint density at radius 1 is 0.914 bits per heavy atom. The average molecular weight is 476 g/mol. The van der Waals surface area contributed by atoms with Crippen LogP contribution in [-0.4, -0.2) is 47.9 Å². The van der Waals surface area contributed by atoms with E-state index in [-0.39, 0.29) is 30.2 Å². The number of hydrogen-bond donors (Lipinski definition) is 2. The number of amides is 3. The molecule has 7 nitrogen and oxygen atoms in total. The molecular formula is C28H33N3O4. The molecule has 4 aliphatic rings. The van der Waals surface area contributed by atoms with Crippen molar-refractivity contribution in [3.63, 3.8) is 0 Å². The van der Waals surface area contributed by atoms with Crippen molar-refractivity contribution in [2.24, 2.45) is 0 Å². The second-order valence-corrected chi connectivity index (χ2v) is 9.84. The van der Waals surface area contributed by atoms with Crippen LogP contribution < -0.4 is 15.4 Å². The molecule has 2 N–H and O–H groups in total. The molecule has 1 aliphatic carbocycles. The molecule has 0 radical (unpaired) electrons. The number of nitrogens with zero attached hydrogens (tertiary/aromatic N) is 1. The molecule has 2 unspecified atom stereocenters. The molecule has 2 aromatic carbocycles. The summed E-state index contributed by atoms with van der Waals surface area (Å²) in [5.74, 6) is 0.754. The van der Waals surface area contributed by atoms with Crippen LogP contribution in [0.2, 0.25) is 0 Å². The van der Waals surface area contributed by atoms with Crippen LogP contribution in [0.5, 0.6) is 5.75 Å². The van der Waals surface area contributed by atoms with E-state index in [1.54, 1.807) is 11.0 Å². The van der Waals surface area contributed by atoms with Gasteiger partial charge in [0.2, 0.25) is 11.8 Å². The van der Waals surface area contributed by atoms with E-state index in [1.165, 1.54) is 31.4 Å². The minimum absolute atomic E-state index is 0.146. The monoisotopic (exact) mass is 475 g/mol. The van der Waals surface area contributed by atoms with E-state index < -0.39 is 6.04 Å². The van der Waals surface area contributed by atoms with Gasteiger partial charge in [0, 0.05) is 25.1 Å². The highest BCUT2D eigenvalue weighted by Gasteiger charge is 2.39.